The molecule has 0 saturated carbocycles. The number of rotatable bonds is 8. The molecule has 1 aliphatic heterocycles. The zero-order chi connectivity index (χ0) is 19.9. The first-order valence-electron chi connectivity index (χ1n) is 10.3. The van der Waals surface area contributed by atoms with E-state index in [1.807, 2.05) is 12.1 Å². The van der Waals surface area contributed by atoms with E-state index in [4.69, 9.17) is 14.2 Å². The fourth-order valence-corrected chi connectivity index (χ4v) is 3.60. The van der Waals surface area contributed by atoms with Gasteiger partial charge in [0.1, 0.15) is 17.6 Å². The maximum Gasteiger partial charge on any atom is 0.125 e. The Hall–Kier alpha value is -2.04. The average Bonchev–Trinajstić information content (AvgIpc) is 2.71. The Labute approximate surface area is 169 Å². The molecule has 1 fully saturated rings. The number of methoxy groups -OCH3 is 1. The molecular formula is C24H33NO3. The molecule has 1 saturated heterocycles. The van der Waals surface area contributed by atoms with Crippen molar-refractivity contribution in [1.82, 2.24) is 4.90 Å². The maximum atomic E-state index is 6.55. The summed E-state index contributed by atoms with van der Waals surface area (Å²) in [5.41, 5.74) is 3.70. The van der Waals surface area contributed by atoms with E-state index >= 15 is 0 Å². The fourth-order valence-electron chi connectivity index (χ4n) is 3.60. The quantitative estimate of drug-likeness (QED) is 0.644. The Morgan fingerprint density at radius 2 is 1.75 bits per heavy atom. The third-order valence-corrected chi connectivity index (χ3v) is 5.30. The van der Waals surface area contributed by atoms with Crippen LogP contribution in [0.15, 0.2) is 42.5 Å². The normalized spacial score (nSPS) is 16.2. The van der Waals surface area contributed by atoms with Crippen molar-refractivity contribution in [3.05, 3.63) is 59.2 Å². The molecule has 1 atom stereocenters. The van der Waals surface area contributed by atoms with E-state index in [0.717, 1.165) is 56.3 Å². The molecule has 152 valence electrons. The van der Waals surface area contributed by atoms with Crippen molar-refractivity contribution in [3.8, 4) is 11.5 Å². The number of morpholine rings is 1. The molecule has 28 heavy (non-hydrogen) atoms. The van der Waals surface area contributed by atoms with E-state index in [2.05, 4.69) is 56.0 Å². The van der Waals surface area contributed by atoms with Crippen LogP contribution in [0.25, 0.3) is 0 Å². The van der Waals surface area contributed by atoms with Crippen LogP contribution >= 0.6 is 0 Å². The summed E-state index contributed by atoms with van der Waals surface area (Å²) in [6.07, 6.45) is 0.915. The second-order valence-electron chi connectivity index (χ2n) is 7.86. The largest absolute Gasteiger partial charge is 0.497 e. The smallest absolute Gasteiger partial charge is 0.125 e. The Kier molecular flexibility index (Phi) is 7.35. The maximum absolute atomic E-state index is 6.55. The van der Waals surface area contributed by atoms with Gasteiger partial charge in [-0.1, -0.05) is 32.0 Å². The zero-order valence-electron chi connectivity index (χ0n) is 17.6. The van der Waals surface area contributed by atoms with Gasteiger partial charge in [-0.25, -0.2) is 0 Å². The lowest BCUT2D eigenvalue weighted by Crippen LogP contribution is -2.37. The van der Waals surface area contributed by atoms with Crippen LogP contribution in [-0.4, -0.2) is 44.9 Å². The molecule has 0 bridgehead atoms. The number of hydrogen-bond donors (Lipinski definition) is 0. The molecule has 2 aromatic carbocycles. The number of ether oxygens (including phenoxy) is 3. The first kappa shape index (κ1) is 20.7. The SMILES string of the molecule is COc1cccc(C(CCN2CCOCC2)Oc2cc(C)cc(C(C)C)c2)c1. The van der Waals surface area contributed by atoms with E-state index in [9.17, 15) is 0 Å². The van der Waals surface area contributed by atoms with Crippen LogP contribution in [0.3, 0.4) is 0 Å². The summed E-state index contributed by atoms with van der Waals surface area (Å²) in [6, 6.07) is 14.8. The van der Waals surface area contributed by atoms with Crippen molar-refractivity contribution in [1.29, 1.82) is 0 Å². The molecule has 0 aliphatic carbocycles. The Morgan fingerprint density at radius 3 is 2.46 bits per heavy atom. The fraction of sp³-hybridized carbons (Fsp3) is 0.500. The Morgan fingerprint density at radius 1 is 1.00 bits per heavy atom. The van der Waals surface area contributed by atoms with Crippen molar-refractivity contribution in [3.63, 3.8) is 0 Å². The van der Waals surface area contributed by atoms with Crippen LogP contribution in [0.4, 0.5) is 0 Å². The summed E-state index contributed by atoms with van der Waals surface area (Å²) in [6.45, 7) is 11.2. The molecule has 4 heteroatoms. The van der Waals surface area contributed by atoms with E-state index in [1.54, 1.807) is 7.11 Å². The second-order valence-corrected chi connectivity index (χ2v) is 7.86. The van der Waals surface area contributed by atoms with Gasteiger partial charge in [0, 0.05) is 26.1 Å². The van der Waals surface area contributed by atoms with Crippen molar-refractivity contribution in [2.45, 2.75) is 39.2 Å². The van der Waals surface area contributed by atoms with Crippen LogP contribution in [-0.2, 0) is 4.74 Å². The van der Waals surface area contributed by atoms with Crippen molar-refractivity contribution in [2.24, 2.45) is 0 Å². The summed E-state index contributed by atoms with van der Waals surface area (Å²) >= 11 is 0. The first-order valence-corrected chi connectivity index (χ1v) is 10.3. The van der Waals surface area contributed by atoms with Gasteiger partial charge in [0.25, 0.3) is 0 Å². The van der Waals surface area contributed by atoms with E-state index in [1.165, 1.54) is 11.1 Å². The average molecular weight is 384 g/mol. The Bertz CT molecular complexity index is 753. The van der Waals surface area contributed by atoms with Crippen molar-refractivity contribution < 1.29 is 14.2 Å². The van der Waals surface area contributed by atoms with Gasteiger partial charge in [0.15, 0.2) is 0 Å². The lowest BCUT2D eigenvalue weighted by Gasteiger charge is -2.29. The highest BCUT2D eigenvalue weighted by molar-refractivity contribution is 5.37. The topological polar surface area (TPSA) is 30.9 Å². The summed E-state index contributed by atoms with van der Waals surface area (Å²) in [4.78, 5) is 2.45. The van der Waals surface area contributed by atoms with Crippen molar-refractivity contribution in [2.75, 3.05) is 40.0 Å². The molecule has 4 nitrogen and oxygen atoms in total. The molecule has 1 heterocycles. The predicted octanol–water partition coefficient (Wildman–Crippen LogP) is 4.97. The zero-order valence-corrected chi connectivity index (χ0v) is 17.6. The lowest BCUT2D eigenvalue weighted by atomic mass is 10.0. The number of nitrogens with zero attached hydrogens (tertiary/aromatic N) is 1. The molecule has 0 radical (unpaired) electrons. The molecule has 0 amide bonds. The summed E-state index contributed by atoms with van der Waals surface area (Å²) in [7, 11) is 1.71. The van der Waals surface area contributed by atoms with Gasteiger partial charge >= 0.3 is 0 Å². The summed E-state index contributed by atoms with van der Waals surface area (Å²) in [5, 5.41) is 0. The molecule has 1 unspecified atom stereocenters. The van der Waals surface area contributed by atoms with Gasteiger partial charge in [-0.3, -0.25) is 4.90 Å². The molecule has 0 N–H and O–H groups in total. The van der Waals surface area contributed by atoms with E-state index in [0.29, 0.717) is 5.92 Å². The molecule has 1 aliphatic rings. The standard InChI is InChI=1S/C24H33NO3/c1-18(2)21-14-19(3)15-23(17-21)28-24(8-9-25-10-12-27-13-11-25)20-6-5-7-22(16-20)26-4/h5-7,14-18,24H,8-13H2,1-4H3. The highest BCUT2D eigenvalue weighted by Crippen LogP contribution is 2.30. The summed E-state index contributed by atoms with van der Waals surface area (Å²) < 4.78 is 17.5. The third kappa shape index (κ3) is 5.73. The van der Waals surface area contributed by atoms with Crippen LogP contribution in [0.5, 0.6) is 11.5 Å². The van der Waals surface area contributed by atoms with Crippen LogP contribution < -0.4 is 9.47 Å². The second kappa shape index (κ2) is 9.94. The van der Waals surface area contributed by atoms with Gasteiger partial charge in [-0.05, 0) is 53.8 Å². The molecule has 0 aromatic heterocycles. The van der Waals surface area contributed by atoms with Crippen LogP contribution in [0.1, 0.15) is 49.0 Å². The number of benzene rings is 2. The van der Waals surface area contributed by atoms with Gasteiger partial charge in [0.05, 0.1) is 20.3 Å². The number of hydrogen-bond acceptors (Lipinski definition) is 4. The van der Waals surface area contributed by atoms with Crippen LogP contribution in [0.2, 0.25) is 0 Å². The minimum atomic E-state index is -0.0141. The van der Waals surface area contributed by atoms with Gasteiger partial charge in [-0.2, -0.15) is 0 Å². The first-order chi connectivity index (χ1) is 13.5. The predicted molar refractivity (Wildman–Crippen MR) is 114 cm³/mol. The third-order valence-electron chi connectivity index (χ3n) is 5.30. The highest BCUT2D eigenvalue weighted by Gasteiger charge is 2.18. The minimum Gasteiger partial charge on any atom is -0.497 e. The Balaban J connectivity index is 1.80. The molecule has 0 spiro atoms. The molecule has 2 aromatic rings. The molecular weight excluding hydrogens is 350 g/mol. The highest BCUT2D eigenvalue weighted by atomic mass is 16.5. The van der Waals surface area contributed by atoms with Crippen molar-refractivity contribution >= 4 is 0 Å². The van der Waals surface area contributed by atoms with Crippen LogP contribution in [0, 0.1) is 6.92 Å². The van der Waals surface area contributed by atoms with Gasteiger partial charge < -0.3 is 14.2 Å². The monoisotopic (exact) mass is 383 g/mol. The lowest BCUT2D eigenvalue weighted by molar-refractivity contribution is 0.0317. The summed E-state index contributed by atoms with van der Waals surface area (Å²) in [5.74, 6) is 2.29. The van der Waals surface area contributed by atoms with Gasteiger partial charge in [0.2, 0.25) is 0 Å². The number of aryl methyl sites for hydroxylation is 1. The van der Waals surface area contributed by atoms with E-state index in [-0.39, 0.29) is 6.10 Å². The minimum absolute atomic E-state index is 0.0141. The molecule has 3 rings (SSSR count). The van der Waals surface area contributed by atoms with Gasteiger partial charge in [-0.15, -0.1) is 0 Å². The van der Waals surface area contributed by atoms with E-state index < -0.39 is 0 Å².